The zero-order chi connectivity index (χ0) is 11.0. The van der Waals surface area contributed by atoms with Crippen LogP contribution in [0.2, 0.25) is 0 Å². The number of hydrogen-bond acceptors (Lipinski definition) is 3. The van der Waals surface area contributed by atoms with Crippen LogP contribution in [0.25, 0.3) is 22.0 Å². The molecular weight excluding hydrogens is 200 g/mol. The van der Waals surface area contributed by atoms with Gasteiger partial charge >= 0.3 is 0 Å². The Balaban J connectivity index is 2.27. The van der Waals surface area contributed by atoms with Crippen LogP contribution in [-0.2, 0) is 0 Å². The molecule has 0 amide bonds. The second-order valence-electron chi connectivity index (χ2n) is 3.59. The van der Waals surface area contributed by atoms with E-state index in [9.17, 15) is 0 Å². The van der Waals surface area contributed by atoms with Gasteiger partial charge in [-0.15, -0.1) is 0 Å². The maximum absolute atomic E-state index is 5.82. The third-order valence-corrected chi connectivity index (χ3v) is 2.60. The predicted octanol–water partition coefficient (Wildman–Crippen LogP) is 2.21. The average molecular weight is 210 g/mol. The van der Waals surface area contributed by atoms with E-state index in [1.807, 2.05) is 36.7 Å². The van der Waals surface area contributed by atoms with Crippen LogP contribution in [0.3, 0.4) is 0 Å². The summed E-state index contributed by atoms with van der Waals surface area (Å²) in [7, 11) is 0. The van der Waals surface area contributed by atoms with E-state index in [2.05, 4.69) is 15.0 Å². The van der Waals surface area contributed by atoms with Crippen LogP contribution in [0.4, 0.5) is 5.82 Å². The maximum atomic E-state index is 5.82. The number of rotatable bonds is 1. The van der Waals surface area contributed by atoms with E-state index >= 15 is 0 Å². The van der Waals surface area contributed by atoms with Gasteiger partial charge in [-0.05, 0) is 29.3 Å². The molecule has 0 radical (unpaired) electrons. The maximum Gasteiger partial charge on any atom is 0.134 e. The molecule has 3 N–H and O–H groups in total. The molecule has 1 aromatic carbocycles. The third-order valence-electron chi connectivity index (χ3n) is 2.60. The summed E-state index contributed by atoms with van der Waals surface area (Å²) in [5.41, 5.74) is 8.92. The van der Waals surface area contributed by atoms with Crippen LogP contribution in [0.1, 0.15) is 0 Å². The Hall–Kier alpha value is -2.36. The van der Waals surface area contributed by atoms with Crippen LogP contribution >= 0.6 is 0 Å². The lowest BCUT2D eigenvalue weighted by Gasteiger charge is -2.02. The summed E-state index contributed by atoms with van der Waals surface area (Å²) in [4.78, 5) is 11.2. The number of nitrogens with two attached hydrogens (primary N) is 1. The monoisotopic (exact) mass is 210 g/mol. The zero-order valence-electron chi connectivity index (χ0n) is 8.51. The normalized spacial score (nSPS) is 10.8. The number of anilines is 1. The predicted molar refractivity (Wildman–Crippen MR) is 63.7 cm³/mol. The lowest BCUT2D eigenvalue weighted by molar-refractivity contribution is 1.23. The molecule has 0 saturated carbocycles. The van der Waals surface area contributed by atoms with E-state index in [4.69, 9.17) is 5.73 Å². The van der Waals surface area contributed by atoms with Gasteiger partial charge in [0, 0.05) is 17.8 Å². The van der Waals surface area contributed by atoms with Crippen LogP contribution < -0.4 is 5.73 Å². The van der Waals surface area contributed by atoms with Gasteiger partial charge in [-0.1, -0.05) is 6.07 Å². The molecule has 0 unspecified atom stereocenters. The molecule has 78 valence electrons. The van der Waals surface area contributed by atoms with Gasteiger partial charge in [0.05, 0.1) is 5.52 Å². The lowest BCUT2D eigenvalue weighted by Crippen LogP contribution is -1.93. The van der Waals surface area contributed by atoms with Crippen molar-refractivity contribution in [1.82, 2.24) is 15.0 Å². The Bertz CT molecular complexity index is 629. The Labute approximate surface area is 92.2 Å². The fourth-order valence-corrected chi connectivity index (χ4v) is 1.76. The fraction of sp³-hybridized carbons (Fsp3) is 0. The standard InChI is InChI=1S/C12H10N4/c13-12-10-5-8(9-3-4-14-6-9)1-2-11(10)15-7-16-12/h1-7,14H,(H2,13,15,16). The number of hydrogen-bond donors (Lipinski definition) is 2. The highest BCUT2D eigenvalue weighted by molar-refractivity contribution is 5.91. The molecule has 2 heterocycles. The molecule has 2 aromatic heterocycles. The molecule has 0 aliphatic carbocycles. The molecular formula is C12H10N4. The third kappa shape index (κ3) is 1.32. The van der Waals surface area contributed by atoms with E-state index in [1.165, 1.54) is 6.33 Å². The molecule has 16 heavy (non-hydrogen) atoms. The van der Waals surface area contributed by atoms with Crippen molar-refractivity contribution in [3.63, 3.8) is 0 Å². The Morgan fingerprint density at radius 3 is 2.81 bits per heavy atom. The zero-order valence-corrected chi connectivity index (χ0v) is 8.51. The second kappa shape index (κ2) is 3.34. The first kappa shape index (κ1) is 8.91. The highest BCUT2D eigenvalue weighted by Gasteiger charge is 2.03. The largest absolute Gasteiger partial charge is 0.383 e. The molecule has 4 nitrogen and oxygen atoms in total. The van der Waals surface area contributed by atoms with Gasteiger partial charge in [-0.2, -0.15) is 0 Å². The van der Waals surface area contributed by atoms with Crippen molar-refractivity contribution in [3.8, 4) is 11.1 Å². The average Bonchev–Trinajstić information content (AvgIpc) is 2.83. The number of aromatic nitrogens is 3. The molecule has 0 aliphatic heterocycles. The topological polar surface area (TPSA) is 67.6 Å². The number of nitrogens with zero attached hydrogens (tertiary/aromatic N) is 2. The van der Waals surface area contributed by atoms with Gasteiger partial charge in [-0.3, -0.25) is 0 Å². The Morgan fingerprint density at radius 2 is 2.00 bits per heavy atom. The molecule has 0 aliphatic rings. The van der Waals surface area contributed by atoms with Gasteiger partial charge < -0.3 is 10.7 Å². The van der Waals surface area contributed by atoms with Crippen molar-refractivity contribution in [2.24, 2.45) is 0 Å². The van der Waals surface area contributed by atoms with Crippen LogP contribution in [0, 0.1) is 0 Å². The lowest BCUT2D eigenvalue weighted by atomic mass is 10.1. The van der Waals surface area contributed by atoms with Gasteiger partial charge in [-0.25, -0.2) is 9.97 Å². The minimum absolute atomic E-state index is 0.516. The first-order chi connectivity index (χ1) is 7.84. The number of H-pyrrole nitrogens is 1. The van der Waals surface area contributed by atoms with E-state index in [-0.39, 0.29) is 0 Å². The van der Waals surface area contributed by atoms with Crippen molar-refractivity contribution in [2.45, 2.75) is 0 Å². The highest BCUT2D eigenvalue weighted by Crippen LogP contribution is 2.25. The molecule has 0 saturated heterocycles. The van der Waals surface area contributed by atoms with Crippen molar-refractivity contribution < 1.29 is 0 Å². The first-order valence-electron chi connectivity index (χ1n) is 4.98. The SMILES string of the molecule is Nc1ncnc2ccc(-c3cc[nH]c3)cc12. The first-order valence-corrected chi connectivity index (χ1v) is 4.98. The van der Waals surface area contributed by atoms with E-state index in [0.717, 1.165) is 22.0 Å². The fourth-order valence-electron chi connectivity index (χ4n) is 1.76. The van der Waals surface area contributed by atoms with Crippen LogP contribution in [-0.4, -0.2) is 15.0 Å². The highest BCUT2D eigenvalue weighted by atomic mass is 14.9. The Morgan fingerprint density at radius 1 is 1.06 bits per heavy atom. The van der Waals surface area contributed by atoms with Crippen LogP contribution in [0.15, 0.2) is 43.0 Å². The summed E-state index contributed by atoms with van der Waals surface area (Å²) in [6, 6.07) is 8.00. The number of nitrogen functional groups attached to an aromatic ring is 1. The molecule has 0 bridgehead atoms. The van der Waals surface area contributed by atoms with Gasteiger partial charge in [0.2, 0.25) is 0 Å². The van der Waals surface area contributed by atoms with E-state index in [1.54, 1.807) is 0 Å². The van der Waals surface area contributed by atoms with Gasteiger partial charge in [0.15, 0.2) is 0 Å². The summed E-state index contributed by atoms with van der Waals surface area (Å²) < 4.78 is 0. The number of fused-ring (bicyclic) bond motifs is 1. The van der Waals surface area contributed by atoms with Gasteiger partial charge in [0.1, 0.15) is 12.1 Å². The van der Waals surface area contributed by atoms with Crippen molar-refractivity contribution in [2.75, 3.05) is 5.73 Å². The van der Waals surface area contributed by atoms with Crippen LogP contribution in [0.5, 0.6) is 0 Å². The molecule has 0 fully saturated rings. The molecule has 0 atom stereocenters. The smallest absolute Gasteiger partial charge is 0.134 e. The van der Waals surface area contributed by atoms with Crippen molar-refractivity contribution >= 4 is 16.7 Å². The second-order valence-corrected chi connectivity index (χ2v) is 3.59. The minimum atomic E-state index is 0.516. The number of benzene rings is 1. The van der Waals surface area contributed by atoms with Gasteiger partial charge in [0.25, 0.3) is 0 Å². The summed E-state index contributed by atoms with van der Waals surface area (Å²) in [6.45, 7) is 0. The van der Waals surface area contributed by atoms with Crippen molar-refractivity contribution in [3.05, 3.63) is 43.0 Å². The molecule has 4 heteroatoms. The number of nitrogens with one attached hydrogen (secondary N) is 1. The summed E-state index contributed by atoms with van der Waals surface area (Å²) in [5.74, 6) is 0.516. The molecule has 0 spiro atoms. The summed E-state index contributed by atoms with van der Waals surface area (Å²) >= 11 is 0. The summed E-state index contributed by atoms with van der Waals surface area (Å²) in [6.07, 6.45) is 5.32. The van der Waals surface area contributed by atoms with Crippen molar-refractivity contribution in [1.29, 1.82) is 0 Å². The minimum Gasteiger partial charge on any atom is -0.383 e. The summed E-state index contributed by atoms with van der Waals surface area (Å²) in [5, 5.41) is 0.890. The Kier molecular flexibility index (Phi) is 1.86. The quantitative estimate of drug-likeness (QED) is 0.647. The molecule has 3 aromatic rings. The van der Waals surface area contributed by atoms with E-state index < -0.39 is 0 Å². The molecule has 3 rings (SSSR count). The van der Waals surface area contributed by atoms with E-state index in [0.29, 0.717) is 5.82 Å². The number of aromatic amines is 1.